The maximum atomic E-state index is 12.1. The van der Waals surface area contributed by atoms with Crippen molar-refractivity contribution in [3.63, 3.8) is 0 Å². The van der Waals surface area contributed by atoms with Crippen molar-refractivity contribution in [3.8, 4) is 0 Å². The number of rotatable bonds is 2. The predicted octanol–water partition coefficient (Wildman–Crippen LogP) is 4.61. The molecule has 0 N–H and O–H groups in total. The molecule has 2 atom stereocenters. The first-order valence-corrected chi connectivity index (χ1v) is 9.94. The van der Waals surface area contributed by atoms with Crippen molar-refractivity contribution in [1.29, 1.82) is 0 Å². The Hall–Kier alpha value is 0.610. The van der Waals surface area contributed by atoms with Gasteiger partial charge in [0, 0.05) is 8.95 Å². The average Bonchev–Trinajstić information content (AvgIpc) is 2.31. The summed E-state index contributed by atoms with van der Waals surface area (Å²) in [5.74, 6) is 0.311. The Morgan fingerprint density at radius 2 is 1.94 bits per heavy atom. The van der Waals surface area contributed by atoms with Gasteiger partial charge in [0.25, 0.3) is 0 Å². The lowest BCUT2D eigenvalue weighted by Crippen LogP contribution is -2.31. The van der Waals surface area contributed by atoms with Crippen LogP contribution in [0.3, 0.4) is 0 Å². The van der Waals surface area contributed by atoms with Crippen LogP contribution in [0, 0.1) is 0 Å². The summed E-state index contributed by atoms with van der Waals surface area (Å²) in [6, 6.07) is 5.83. The van der Waals surface area contributed by atoms with Crippen molar-refractivity contribution in [2.45, 2.75) is 29.3 Å². The highest BCUT2D eigenvalue weighted by Crippen LogP contribution is 2.40. The van der Waals surface area contributed by atoms with E-state index in [1.165, 1.54) is 0 Å². The van der Waals surface area contributed by atoms with Gasteiger partial charge in [-0.05, 0) is 36.6 Å². The van der Waals surface area contributed by atoms with Crippen LogP contribution in [0.25, 0.3) is 0 Å². The van der Waals surface area contributed by atoms with Gasteiger partial charge >= 0.3 is 0 Å². The van der Waals surface area contributed by atoms with Crippen LogP contribution in [0.15, 0.2) is 27.1 Å². The fourth-order valence-electron chi connectivity index (χ4n) is 2.23. The minimum absolute atomic E-state index is 0.158. The Morgan fingerprint density at radius 1 is 1.22 bits per heavy atom. The van der Waals surface area contributed by atoms with Crippen LogP contribution >= 0.6 is 47.8 Å². The summed E-state index contributed by atoms with van der Waals surface area (Å²) in [7, 11) is -2.98. The number of benzene rings is 1. The van der Waals surface area contributed by atoms with E-state index in [4.69, 9.17) is 0 Å². The van der Waals surface area contributed by atoms with E-state index in [0.717, 1.165) is 33.8 Å². The molecule has 0 amide bonds. The number of hydrogen-bond donors (Lipinski definition) is 0. The summed E-state index contributed by atoms with van der Waals surface area (Å²) >= 11 is 10.5. The standard InChI is InChI=1S/C12H13Br3O2S/c13-8-4-5-10(14)9(7-8)12(15)11-3-1-2-6-18(11,16)17/h4-5,7,11-12H,1-3,6H2. The summed E-state index contributed by atoms with van der Waals surface area (Å²) in [5, 5.41) is -0.322. The molecule has 2 rings (SSSR count). The molecule has 100 valence electrons. The molecule has 0 aliphatic carbocycles. The molecular weight excluding hydrogens is 448 g/mol. The molecule has 2 nitrogen and oxygen atoms in total. The molecule has 2 unspecified atom stereocenters. The number of alkyl halides is 1. The van der Waals surface area contributed by atoms with Crippen LogP contribution < -0.4 is 0 Å². The largest absolute Gasteiger partial charge is 0.228 e. The zero-order chi connectivity index (χ0) is 13.3. The Kier molecular flexibility index (Phi) is 4.95. The molecule has 1 fully saturated rings. The van der Waals surface area contributed by atoms with Gasteiger partial charge in [0.05, 0.1) is 15.8 Å². The van der Waals surface area contributed by atoms with E-state index in [2.05, 4.69) is 47.8 Å². The second-order valence-electron chi connectivity index (χ2n) is 4.47. The quantitative estimate of drug-likeness (QED) is 0.604. The maximum absolute atomic E-state index is 12.1. The van der Waals surface area contributed by atoms with Gasteiger partial charge in [-0.25, -0.2) is 8.42 Å². The van der Waals surface area contributed by atoms with Gasteiger partial charge in [-0.3, -0.25) is 0 Å². The molecule has 0 radical (unpaired) electrons. The molecule has 18 heavy (non-hydrogen) atoms. The summed E-state index contributed by atoms with van der Waals surface area (Å²) in [6.07, 6.45) is 2.51. The van der Waals surface area contributed by atoms with Crippen molar-refractivity contribution in [2.75, 3.05) is 5.75 Å². The van der Waals surface area contributed by atoms with Crippen molar-refractivity contribution in [2.24, 2.45) is 0 Å². The molecule has 1 aliphatic rings. The molecule has 0 bridgehead atoms. The zero-order valence-corrected chi connectivity index (χ0v) is 15.1. The Morgan fingerprint density at radius 3 is 2.61 bits per heavy atom. The highest BCUT2D eigenvalue weighted by Gasteiger charge is 2.35. The summed E-state index contributed by atoms with van der Waals surface area (Å²) in [6.45, 7) is 0. The molecular formula is C12H13Br3O2S. The van der Waals surface area contributed by atoms with Crippen LogP contribution in [0.2, 0.25) is 0 Å². The van der Waals surface area contributed by atoms with Gasteiger partial charge in [-0.15, -0.1) is 0 Å². The zero-order valence-electron chi connectivity index (χ0n) is 9.57. The predicted molar refractivity (Wildman–Crippen MR) is 84.9 cm³/mol. The van der Waals surface area contributed by atoms with Crippen molar-refractivity contribution in [3.05, 3.63) is 32.7 Å². The topological polar surface area (TPSA) is 34.1 Å². The van der Waals surface area contributed by atoms with E-state index in [9.17, 15) is 8.42 Å². The molecule has 1 aliphatic heterocycles. The van der Waals surface area contributed by atoms with Crippen molar-refractivity contribution < 1.29 is 8.42 Å². The van der Waals surface area contributed by atoms with Crippen LogP contribution in [-0.4, -0.2) is 19.4 Å². The van der Waals surface area contributed by atoms with Gasteiger partial charge in [0.2, 0.25) is 0 Å². The monoisotopic (exact) mass is 458 g/mol. The minimum Gasteiger partial charge on any atom is -0.228 e. The van der Waals surface area contributed by atoms with E-state index in [1.807, 2.05) is 18.2 Å². The van der Waals surface area contributed by atoms with E-state index < -0.39 is 9.84 Å². The lowest BCUT2D eigenvalue weighted by molar-refractivity contribution is 0.536. The van der Waals surface area contributed by atoms with Gasteiger partial charge < -0.3 is 0 Å². The van der Waals surface area contributed by atoms with Gasteiger partial charge in [-0.1, -0.05) is 54.2 Å². The Balaban J connectivity index is 2.35. The first-order chi connectivity index (χ1) is 8.42. The van der Waals surface area contributed by atoms with E-state index in [1.54, 1.807) is 0 Å². The van der Waals surface area contributed by atoms with Gasteiger partial charge in [-0.2, -0.15) is 0 Å². The first kappa shape index (κ1) is 15.0. The second kappa shape index (κ2) is 5.94. The highest BCUT2D eigenvalue weighted by molar-refractivity contribution is 9.11. The minimum atomic E-state index is -2.98. The third kappa shape index (κ3) is 3.19. The smallest absolute Gasteiger partial charge is 0.154 e. The molecule has 6 heteroatoms. The van der Waals surface area contributed by atoms with Gasteiger partial charge in [0.15, 0.2) is 9.84 Å². The third-order valence-electron chi connectivity index (χ3n) is 3.21. The van der Waals surface area contributed by atoms with Crippen LogP contribution in [0.4, 0.5) is 0 Å². The highest BCUT2D eigenvalue weighted by atomic mass is 79.9. The lowest BCUT2D eigenvalue weighted by Gasteiger charge is -2.27. The first-order valence-electron chi connectivity index (χ1n) is 5.72. The fraction of sp³-hybridized carbons (Fsp3) is 0.500. The van der Waals surface area contributed by atoms with Crippen LogP contribution in [0.1, 0.15) is 29.7 Å². The molecule has 1 saturated heterocycles. The normalized spacial score (nSPS) is 24.7. The summed E-state index contributed by atoms with van der Waals surface area (Å²) in [4.78, 5) is -0.158. The third-order valence-corrected chi connectivity index (χ3v) is 8.20. The SMILES string of the molecule is O=S1(=O)CCCCC1C(Br)c1cc(Br)ccc1Br. The van der Waals surface area contributed by atoms with Crippen molar-refractivity contribution >= 4 is 57.6 Å². The fourth-order valence-corrected chi connectivity index (χ4v) is 6.99. The average molecular weight is 461 g/mol. The van der Waals surface area contributed by atoms with E-state index >= 15 is 0 Å². The molecule has 1 aromatic rings. The molecule has 1 heterocycles. The van der Waals surface area contributed by atoms with Gasteiger partial charge in [0.1, 0.15) is 0 Å². The summed E-state index contributed by atoms with van der Waals surface area (Å²) < 4.78 is 26.2. The van der Waals surface area contributed by atoms with E-state index in [-0.39, 0.29) is 10.1 Å². The lowest BCUT2D eigenvalue weighted by atomic mass is 10.1. The number of hydrogen-bond acceptors (Lipinski definition) is 2. The molecule has 0 spiro atoms. The van der Waals surface area contributed by atoms with Crippen molar-refractivity contribution in [1.82, 2.24) is 0 Å². The summed E-state index contributed by atoms with van der Waals surface area (Å²) in [5.41, 5.74) is 0.986. The molecule has 0 aromatic heterocycles. The Labute approximate surface area is 133 Å². The molecule has 1 aromatic carbocycles. The number of halogens is 3. The maximum Gasteiger partial charge on any atom is 0.154 e. The number of sulfone groups is 1. The second-order valence-corrected chi connectivity index (χ2v) is 9.56. The van der Waals surface area contributed by atoms with Crippen LogP contribution in [0.5, 0.6) is 0 Å². The van der Waals surface area contributed by atoms with E-state index in [0.29, 0.717) is 5.75 Å². The van der Waals surface area contributed by atoms with Crippen LogP contribution in [-0.2, 0) is 9.84 Å². The molecule has 0 saturated carbocycles. The Bertz CT molecular complexity index is 542.